The van der Waals surface area contributed by atoms with Gasteiger partial charge >= 0.3 is 6.03 Å². The lowest BCUT2D eigenvalue weighted by Crippen LogP contribution is -2.51. The summed E-state index contributed by atoms with van der Waals surface area (Å²) in [6, 6.07) is 7.78. The molecule has 3 rings (SSSR count). The summed E-state index contributed by atoms with van der Waals surface area (Å²) in [5, 5.41) is 3.02. The molecule has 0 bridgehead atoms. The van der Waals surface area contributed by atoms with Crippen LogP contribution < -0.4 is 15.8 Å². The maximum Gasteiger partial charge on any atom is 0.317 e. The highest BCUT2D eigenvalue weighted by molar-refractivity contribution is 5.78. The summed E-state index contributed by atoms with van der Waals surface area (Å²) >= 11 is 0. The number of nitrogens with two attached hydrogens (primary N) is 1. The molecule has 22 heavy (non-hydrogen) atoms. The smallest absolute Gasteiger partial charge is 0.317 e. The van der Waals surface area contributed by atoms with E-state index in [0.29, 0.717) is 32.5 Å². The SMILES string of the molecule is NC(=O)C1CCN(C(=O)N[C@@H]2COc3ccccc3C2)CC1. The van der Waals surface area contributed by atoms with Gasteiger partial charge in [0.15, 0.2) is 0 Å². The van der Waals surface area contributed by atoms with Crippen molar-refractivity contribution in [1.29, 1.82) is 0 Å². The third-order valence-electron chi connectivity index (χ3n) is 4.39. The first-order valence-corrected chi connectivity index (χ1v) is 7.69. The second kappa shape index (κ2) is 6.25. The molecule has 0 radical (unpaired) electrons. The number of amides is 3. The van der Waals surface area contributed by atoms with Crippen LogP contribution in [0.4, 0.5) is 4.79 Å². The number of ether oxygens (including phenoxy) is 1. The number of benzene rings is 1. The number of nitrogens with zero attached hydrogens (tertiary/aromatic N) is 1. The molecule has 3 amide bonds. The highest BCUT2D eigenvalue weighted by atomic mass is 16.5. The van der Waals surface area contributed by atoms with Gasteiger partial charge in [0.2, 0.25) is 5.91 Å². The van der Waals surface area contributed by atoms with E-state index in [4.69, 9.17) is 10.5 Å². The first-order valence-electron chi connectivity index (χ1n) is 7.69. The molecule has 1 saturated heterocycles. The predicted octanol–water partition coefficient (Wildman–Crippen LogP) is 0.897. The van der Waals surface area contributed by atoms with Crippen LogP contribution in [0.15, 0.2) is 24.3 Å². The number of piperidine rings is 1. The van der Waals surface area contributed by atoms with E-state index in [0.717, 1.165) is 17.7 Å². The van der Waals surface area contributed by atoms with Crippen LogP contribution in [0, 0.1) is 5.92 Å². The van der Waals surface area contributed by atoms with Gasteiger partial charge in [0.25, 0.3) is 0 Å². The third-order valence-corrected chi connectivity index (χ3v) is 4.39. The highest BCUT2D eigenvalue weighted by Crippen LogP contribution is 2.24. The van der Waals surface area contributed by atoms with Gasteiger partial charge in [-0.25, -0.2) is 4.79 Å². The Labute approximate surface area is 129 Å². The van der Waals surface area contributed by atoms with Gasteiger partial charge in [-0.1, -0.05) is 18.2 Å². The third kappa shape index (κ3) is 3.16. The first-order chi connectivity index (χ1) is 10.6. The molecule has 0 unspecified atom stereocenters. The van der Waals surface area contributed by atoms with Crippen LogP contribution in [0.25, 0.3) is 0 Å². The molecule has 0 aromatic heterocycles. The molecule has 1 atom stereocenters. The summed E-state index contributed by atoms with van der Waals surface area (Å²) in [5.74, 6) is 0.529. The monoisotopic (exact) mass is 303 g/mol. The summed E-state index contributed by atoms with van der Waals surface area (Å²) in [7, 11) is 0. The number of carbonyl (C=O) groups is 2. The van der Waals surface area contributed by atoms with Crippen molar-refractivity contribution in [2.24, 2.45) is 11.7 Å². The number of hydrogen-bond donors (Lipinski definition) is 2. The minimum absolute atomic E-state index is 0.0173. The summed E-state index contributed by atoms with van der Waals surface area (Å²) in [6.07, 6.45) is 2.07. The number of urea groups is 1. The van der Waals surface area contributed by atoms with E-state index < -0.39 is 0 Å². The first kappa shape index (κ1) is 14.7. The van der Waals surface area contributed by atoms with Gasteiger partial charge in [-0.05, 0) is 30.9 Å². The van der Waals surface area contributed by atoms with Crippen molar-refractivity contribution in [2.45, 2.75) is 25.3 Å². The summed E-state index contributed by atoms with van der Waals surface area (Å²) in [5.41, 5.74) is 6.43. The molecular formula is C16H21N3O3. The van der Waals surface area contributed by atoms with Crippen LogP contribution in [0.5, 0.6) is 5.75 Å². The zero-order chi connectivity index (χ0) is 15.5. The maximum absolute atomic E-state index is 12.3. The number of carbonyl (C=O) groups excluding carboxylic acids is 2. The second-order valence-electron chi connectivity index (χ2n) is 5.93. The minimum atomic E-state index is -0.266. The minimum Gasteiger partial charge on any atom is -0.491 e. The Bertz CT molecular complexity index is 568. The lowest BCUT2D eigenvalue weighted by atomic mass is 9.96. The van der Waals surface area contributed by atoms with Crippen molar-refractivity contribution in [2.75, 3.05) is 19.7 Å². The molecule has 1 aromatic rings. The zero-order valence-electron chi connectivity index (χ0n) is 12.5. The average Bonchev–Trinajstić information content (AvgIpc) is 2.55. The molecule has 118 valence electrons. The topological polar surface area (TPSA) is 84.7 Å². The Kier molecular flexibility index (Phi) is 4.18. The quantitative estimate of drug-likeness (QED) is 0.851. The number of fused-ring (bicyclic) bond motifs is 1. The van der Waals surface area contributed by atoms with Crippen LogP contribution in [0.1, 0.15) is 18.4 Å². The Morgan fingerprint density at radius 1 is 1.23 bits per heavy atom. The van der Waals surface area contributed by atoms with E-state index in [1.54, 1.807) is 4.90 Å². The Morgan fingerprint density at radius 2 is 1.95 bits per heavy atom. The van der Waals surface area contributed by atoms with Gasteiger partial charge in [-0.3, -0.25) is 4.79 Å². The normalized spacial score (nSPS) is 21.6. The van der Waals surface area contributed by atoms with Crippen LogP contribution in [0.2, 0.25) is 0 Å². The molecule has 2 aliphatic rings. The summed E-state index contributed by atoms with van der Waals surface area (Å²) < 4.78 is 5.68. The number of nitrogens with one attached hydrogen (secondary N) is 1. The molecule has 3 N–H and O–H groups in total. The van der Waals surface area contributed by atoms with Crippen molar-refractivity contribution < 1.29 is 14.3 Å². The van der Waals surface area contributed by atoms with Crippen LogP contribution in [0.3, 0.4) is 0 Å². The maximum atomic E-state index is 12.3. The van der Waals surface area contributed by atoms with E-state index in [-0.39, 0.29) is 23.9 Å². The van der Waals surface area contributed by atoms with Gasteiger partial charge in [0.05, 0.1) is 6.04 Å². The van der Waals surface area contributed by atoms with E-state index in [1.165, 1.54) is 0 Å². The second-order valence-corrected chi connectivity index (χ2v) is 5.93. The van der Waals surface area contributed by atoms with Crippen molar-refractivity contribution in [1.82, 2.24) is 10.2 Å². The van der Waals surface area contributed by atoms with Crippen molar-refractivity contribution in [3.63, 3.8) is 0 Å². The summed E-state index contributed by atoms with van der Waals surface area (Å²) in [4.78, 5) is 25.2. The molecule has 6 nitrogen and oxygen atoms in total. The number of para-hydroxylation sites is 1. The predicted molar refractivity (Wildman–Crippen MR) is 81.5 cm³/mol. The molecule has 2 heterocycles. The number of hydrogen-bond acceptors (Lipinski definition) is 3. The van der Waals surface area contributed by atoms with Crippen molar-refractivity contribution in [3.8, 4) is 5.75 Å². The van der Waals surface area contributed by atoms with Crippen LogP contribution in [-0.4, -0.2) is 42.6 Å². The molecule has 1 aromatic carbocycles. The number of primary amides is 1. The van der Waals surface area contributed by atoms with Gasteiger partial charge in [0.1, 0.15) is 12.4 Å². The van der Waals surface area contributed by atoms with Gasteiger partial charge in [-0.15, -0.1) is 0 Å². The van der Waals surface area contributed by atoms with E-state index in [9.17, 15) is 9.59 Å². The van der Waals surface area contributed by atoms with Crippen molar-refractivity contribution in [3.05, 3.63) is 29.8 Å². The highest BCUT2D eigenvalue weighted by Gasteiger charge is 2.28. The summed E-state index contributed by atoms with van der Waals surface area (Å²) in [6.45, 7) is 1.63. The molecule has 0 spiro atoms. The molecule has 6 heteroatoms. The Balaban J connectivity index is 1.52. The van der Waals surface area contributed by atoms with E-state index >= 15 is 0 Å². The fourth-order valence-corrected chi connectivity index (χ4v) is 3.05. The van der Waals surface area contributed by atoms with Crippen LogP contribution >= 0.6 is 0 Å². The molecule has 0 saturated carbocycles. The molecular weight excluding hydrogens is 282 g/mol. The Morgan fingerprint density at radius 3 is 2.68 bits per heavy atom. The fourth-order valence-electron chi connectivity index (χ4n) is 3.05. The number of likely N-dealkylation sites (tertiary alicyclic amines) is 1. The van der Waals surface area contributed by atoms with Crippen LogP contribution in [-0.2, 0) is 11.2 Å². The number of rotatable bonds is 2. The lowest BCUT2D eigenvalue weighted by Gasteiger charge is -2.33. The van der Waals surface area contributed by atoms with E-state index in [1.807, 2.05) is 24.3 Å². The van der Waals surface area contributed by atoms with Gasteiger partial charge in [-0.2, -0.15) is 0 Å². The van der Waals surface area contributed by atoms with Gasteiger partial charge < -0.3 is 20.7 Å². The van der Waals surface area contributed by atoms with E-state index in [2.05, 4.69) is 5.32 Å². The fraction of sp³-hybridized carbons (Fsp3) is 0.500. The zero-order valence-corrected chi connectivity index (χ0v) is 12.5. The van der Waals surface area contributed by atoms with Gasteiger partial charge in [0, 0.05) is 19.0 Å². The molecule has 1 fully saturated rings. The average molecular weight is 303 g/mol. The molecule has 2 aliphatic heterocycles. The largest absolute Gasteiger partial charge is 0.491 e. The lowest BCUT2D eigenvalue weighted by molar-refractivity contribution is -0.123. The standard InChI is InChI=1S/C16H21N3O3/c17-15(20)11-5-7-19(8-6-11)16(21)18-13-9-12-3-1-2-4-14(12)22-10-13/h1-4,11,13H,5-10H2,(H2,17,20)(H,18,21)/t13-/m0/s1. The van der Waals surface area contributed by atoms with Crippen molar-refractivity contribution >= 4 is 11.9 Å². The molecule has 0 aliphatic carbocycles. The Hall–Kier alpha value is -2.24.